The quantitative estimate of drug-likeness (QED) is 0.803. The molecule has 0 saturated carbocycles. The molecule has 6 heteroatoms. The van der Waals surface area contributed by atoms with Gasteiger partial charge >= 0.3 is 0 Å². The molecule has 0 atom stereocenters. The molecule has 0 aromatic heterocycles. The number of halogens is 1. The minimum atomic E-state index is -0.00264. The van der Waals surface area contributed by atoms with Gasteiger partial charge in [-0.25, -0.2) is 0 Å². The molecule has 2 amide bonds. The molecule has 0 aliphatic carbocycles. The van der Waals surface area contributed by atoms with E-state index in [1.807, 2.05) is 0 Å². The van der Waals surface area contributed by atoms with Crippen LogP contribution < -0.4 is 10.6 Å². The summed E-state index contributed by atoms with van der Waals surface area (Å²) in [6.45, 7) is 2.91. The van der Waals surface area contributed by atoms with Crippen LogP contribution in [0.5, 0.6) is 0 Å². The minimum absolute atomic E-state index is 0. The van der Waals surface area contributed by atoms with Crippen molar-refractivity contribution in [2.75, 3.05) is 26.2 Å². The van der Waals surface area contributed by atoms with Gasteiger partial charge in [0.2, 0.25) is 11.8 Å². The van der Waals surface area contributed by atoms with Crippen LogP contribution >= 0.6 is 12.4 Å². The van der Waals surface area contributed by atoms with E-state index in [1.54, 1.807) is 4.90 Å². The summed E-state index contributed by atoms with van der Waals surface area (Å²) in [7, 11) is 0. The van der Waals surface area contributed by atoms with Gasteiger partial charge in [-0.3, -0.25) is 9.59 Å². The van der Waals surface area contributed by atoms with Crippen LogP contribution in [0.25, 0.3) is 0 Å². The van der Waals surface area contributed by atoms with Gasteiger partial charge in [-0.05, 0) is 38.8 Å². The number of carbonyl (C=O) groups is 2. The first kappa shape index (κ1) is 16.2. The van der Waals surface area contributed by atoms with Gasteiger partial charge < -0.3 is 15.5 Å². The summed E-state index contributed by atoms with van der Waals surface area (Å²) in [5.74, 6) is 0.130. The Morgan fingerprint density at radius 3 is 2.74 bits per heavy atom. The number of hydrogen-bond acceptors (Lipinski definition) is 3. The predicted molar refractivity (Wildman–Crippen MR) is 76.3 cm³/mol. The molecule has 2 heterocycles. The molecule has 0 bridgehead atoms. The molecule has 0 radical (unpaired) electrons. The van der Waals surface area contributed by atoms with E-state index in [0.717, 1.165) is 51.7 Å². The standard InChI is InChI=1S/C13H23N3O2.ClH/c17-12(15-11-5-7-14-8-6-11)10-16-9-3-1-2-4-13(16)18;/h11,14H,1-10H2,(H,15,17);1H. The lowest BCUT2D eigenvalue weighted by Crippen LogP contribution is -2.47. The lowest BCUT2D eigenvalue weighted by molar-refractivity contribution is -0.135. The fraction of sp³-hybridized carbons (Fsp3) is 0.846. The maximum absolute atomic E-state index is 11.9. The summed E-state index contributed by atoms with van der Waals surface area (Å²) in [6, 6.07) is 0.279. The lowest BCUT2D eigenvalue weighted by Gasteiger charge is -2.26. The fourth-order valence-corrected chi connectivity index (χ4v) is 2.62. The molecule has 110 valence electrons. The van der Waals surface area contributed by atoms with Crippen LogP contribution in [-0.2, 0) is 9.59 Å². The number of hydrogen-bond donors (Lipinski definition) is 2. The lowest BCUT2D eigenvalue weighted by atomic mass is 10.1. The summed E-state index contributed by atoms with van der Waals surface area (Å²) < 4.78 is 0. The summed E-state index contributed by atoms with van der Waals surface area (Å²) in [4.78, 5) is 25.4. The van der Waals surface area contributed by atoms with Crippen LogP contribution in [0.2, 0.25) is 0 Å². The Kier molecular flexibility index (Phi) is 7.16. The summed E-state index contributed by atoms with van der Waals surface area (Å²) >= 11 is 0. The van der Waals surface area contributed by atoms with Crippen molar-refractivity contribution in [1.29, 1.82) is 0 Å². The first-order chi connectivity index (χ1) is 8.75. The molecule has 2 aliphatic heterocycles. The van der Waals surface area contributed by atoms with Crippen molar-refractivity contribution >= 4 is 24.2 Å². The van der Waals surface area contributed by atoms with Crippen molar-refractivity contribution in [3.8, 4) is 0 Å². The zero-order valence-corrected chi connectivity index (χ0v) is 12.1. The van der Waals surface area contributed by atoms with Gasteiger partial charge in [-0.15, -0.1) is 12.4 Å². The second kappa shape index (κ2) is 8.38. The molecule has 5 nitrogen and oxygen atoms in total. The van der Waals surface area contributed by atoms with Crippen LogP contribution in [-0.4, -0.2) is 48.9 Å². The zero-order chi connectivity index (χ0) is 12.8. The third kappa shape index (κ3) is 5.37. The van der Waals surface area contributed by atoms with Gasteiger partial charge in [0.05, 0.1) is 6.54 Å². The second-order valence-corrected chi connectivity index (χ2v) is 5.22. The van der Waals surface area contributed by atoms with E-state index in [2.05, 4.69) is 10.6 Å². The van der Waals surface area contributed by atoms with Gasteiger partial charge in [0.15, 0.2) is 0 Å². The van der Waals surface area contributed by atoms with Gasteiger partial charge in [-0.2, -0.15) is 0 Å². The highest BCUT2D eigenvalue weighted by Crippen LogP contribution is 2.11. The first-order valence-electron chi connectivity index (χ1n) is 7.03. The van der Waals surface area contributed by atoms with Crippen LogP contribution in [0, 0.1) is 0 Å². The molecule has 19 heavy (non-hydrogen) atoms. The molecule has 2 saturated heterocycles. The third-order valence-corrected chi connectivity index (χ3v) is 3.71. The van der Waals surface area contributed by atoms with E-state index in [0.29, 0.717) is 6.42 Å². The number of rotatable bonds is 3. The maximum Gasteiger partial charge on any atom is 0.239 e. The van der Waals surface area contributed by atoms with Gasteiger partial charge in [0.1, 0.15) is 0 Å². The van der Waals surface area contributed by atoms with Crippen LogP contribution in [0.3, 0.4) is 0 Å². The average Bonchev–Trinajstić information content (AvgIpc) is 2.56. The van der Waals surface area contributed by atoms with Crippen molar-refractivity contribution in [2.45, 2.75) is 44.6 Å². The third-order valence-electron chi connectivity index (χ3n) is 3.71. The molecule has 2 N–H and O–H groups in total. The Labute approximate surface area is 120 Å². The van der Waals surface area contributed by atoms with E-state index < -0.39 is 0 Å². The van der Waals surface area contributed by atoms with E-state index in [-0.39, 0.29) is 36.8 Å². The second-order valence-electron chi connectivity index (χ2n) is 5.22. The van der Waals surface area contributed by atoms with E-state index in [4.69, 9.17) is 0 Å². The topological polar surface area (TPSA) is 61.4 Å². The van der Waals surface area contributed by atoms with Crippen molar-refractivity contribution in [2.24, 2.45) is 0 Å². The monoisotopic (exact) mass is 289 g/mol. The van der Waals surface area contributed by atoms with E-state index in [1.165, 1.54) is 0 Å². The van der Waals surface area contributed by atoms with Crippen LogP contribution in [0.4, 0.5) is 0 Å². The number of nitrogens with zero attached hydrogens (tertiary/aromatic N) is 1. The molecule has 2 aliphatic rings. The average molecular weight is 290 g/mol. The highest BCUT2D eigenvalue weighted by Gasteiger charge is 2.21. The van der Waals surface area contributed by atoms with Crippen molar-refractivity contribution < 1.29 is 9.59 Å². The molecule has 0 aromatic carbocycles. The van der Waals surface area contributed by atoms with Gasteiger partial charge in [0.25, 0.3) is 0 Å². The first-order valence-corrected chi connectivity index (χ1v) is 7.03. The molecule has 0 spiro atoms. The van der Waals surface area contributed by atoms with Crippen molar-refractivity contribution in [3.05, 3.63) is 0 Å². The summed E-state index contributed by atoms with van der Waals surface area (Å²) in [6.07, 6.45) is 5.65. The Bertz CT molecular complexity index is 306. The molecule has 0 aromatic rings. The molecule has 2 fully saturated rings. The van der Waals surface area contributed by atoms with Crippen LogP contribution in [0.1, 0.15) is 38.5 Å². The van der Waals surface area contributed by atoms with Gasteiger partial charge in [0, 0.05) is 19.0 Å². The van der Waals surface area contributed by atoms with Crippen molar-refractivity contribution in [1.82, 2.24) is 15.5 Å². The molecular formula is C13H24ClN3O2. The summed E-state index contributed by atoms with van der Waals surface area (Å²) in [5.41, 5.74) is 0. The highest BCUT2D eigenvalue weighted by atomic mass is 35.5. The largest absolute Gasteiger partial charge is 0.352 e. The molecule has 2 rings (SSSR count). The molecule has 0 unspecified atom stereocenters. The Balaban J connectivity index is 0.00000180. The Morgan fingerprint density at radius 2 is 2.00 bits per heavy atom. The Morgan fingerprint density at radius 1 is 1.26 bits per heavy atom. The number of piperidine rings is 1. The number of amides is 2. The zero-order valence-electron chi connectivity index (χ0n) is 11.3. The Hall–Kier alpha value is -0.810. The van der Waals surface area contributed by atoms with Crippen LogP contribution in [0.15, 0.2) is 0 Å². The normalized spacial score (nSPS) is 21.5. The SMILES string of the molecule is Cl.O=C(CN1CCCCCC1=O)NC1CCNCC1. The smallest absolute Gasteiger partial charge is 0.239 e. The van der Waals surface area contributed by atoms with Gasteiger partial charge in [-0.1, -0.05) is 6.42 Å². The number of carbonyl (C=O) groups excluding carboxylic acids is 2. The number of nitrogens with one attached hydrogen (secondary N) is 2. The van der Waals surface area contributed by atoms with E-state index in [9.17, 15) is 9.59 Å². The van der Waals surface area contributed by atoms with E-state index >= 15 is 0 Å². The molecular weight excluding hydrogens is 266 g/mol. The highest BCUT2D eigenvalue weighted by molar-refractivity contribution is 5.85. The fourth-order valence-electron chi connectivity index (χ4n) is 2.62. The van der Waals surface area contributed by atoms with Crippen molar-refractivity contribution in [3.63, 3.8) is 0 Å². The predicted octanol–water partition coefficient (Wildman–Crippen LogP) is 0.679. The maximum atomic E-state index is 11.9. The minimum Gasteiger partial charge on any atom is -0.352 e. The number of likely N-dealkylation sites (tertiary alicyclic amines) is 1. The summed E-state index contributed by atoms with van der Waals surface area (Å²) in [5, 5.41) is 6.30.